The number of aliphatic hydroxyl groups is 1. The van der Waals surface area contributed by atoms with E-state index in [0.717, 1.165) is 57.2 Å². The summed E-state index contributed by atoms with van der Waals surface area (Å²) in [6.45, 7) is 8.36. The molecule has 1 fully saturated rings. The molecule has 0 saturated carbocycles. The molecule has 130 valence electrons. The number of rotatable bonds is 6. The summed E-state index contributed by atoms with van der Waals surface area (Å²) in [7, 11) is 0. The van der Waals surface area contributed by atoms with Crippen molar-refractivity contribution in [2.24, 2.45) is 0 Å². The molecule has 0 amide bonds. The number of hydrogen-bond acceptors (Lipinski definition) is 6. The highest BCUT2D eigenvalue weighted by Gasteiger charge is 2.29. The van der Waals surface area contributed by atoms with Crippen molar-refractivity contribution in [1.82, 2.24) is 25.1 Å². The molecule has 2 aromatic rings. The molecule has 1 aliphatic heterocycles. The van der Waals surface area contributed by atoms with E-state index >= 15 is 0 Å². The first-order valence-corrected chi connectivity index (χ1v) is 8.68. The van der Waals surface area contributed by atoms with Gasteiger partial charge in [0, 0.05) is 32.7 Å². The summed E-state index contributed by atoms with van der Waals surface area (Å²) in [4.78, 5) is 4.54. The minimum absolute atomic E-state index is 0.576. The van der Waals surface area contributed by atoms with E-state index in [-0.39, 0.29) is 0 Å². The van der Waals surface area contributed by atoms with Crippen LogP contribution in [0.4, 0.5) is 5.95 Å². The van der Waals surface area contributed by atoms with Crippen LogP contribution in [0.2, 0.25) is 0 Å². The van der Waals surface area contributed by atoms with Crippen LogP contribution in [0.1, 0.15) is 26.7 Å². The first kappa shape index (κ1) is 16.9. The molecule has 7 heteroatoms. The van der Waals surface area contributed by atoms with Crippen molar-refractivity contribution in [1.29, 1.82) is 0 Å². The molecule has 0 bridgehead atoms. The summed E-state index contributed by atoms with van der Waals surface area (Å²) in [5.41, 5.74) is 0.389. The number of piperazine rings is 1. The Hall–Kier alpha value is -1.99. The maximum absolute atomic E-state index is 10.5. The van der Waals surface area contributed by atoms with E-state index in [9.17, 15) is 5.11 Å². The second-order valence-electron chi connectivity index (χ2n) is 6.42. The van der Waals surface area contributed by atoms with Crippen molar-refractivity contribution in [3.8, 4) is 5.69 Å². The highest BCUT2D eigenvalue weighted by atomic mass is 16.3. The minimum atomic E-state index is -0.576. The molecular formula is C17H26N6O. The molecule has 1 saturated heterocycles. The molecule has 0 atom stereocenters. The van der Waals surface area contributed by atoms with Crippen LogP contribution in [0, 0.1) is 0 Å². The van der Waals surface area contributed by atoms with Gasteiger partial charge in [-0.25, -0.2) is 0 Å². The van der Waals surface area contributed by atoms with Gasteiger partial charge in [-0.1, -0.05) is 37.1 Å². The van der Waals surface area contributed by atoms with Crippen LogP contribution in [-0.2, 0) is 0 Å². The summed E-state index contributed by atoms with van der Waals surface area (Å²) in [5.74, 6) is 0.780. The molecule has 24 heavy (non-hydrogen) atoms. The van der Waals surface area contributed by atoms with E-state index in [1.54, 1.807) is 4.68 Å². The highest BCUT2D eigenvalue weighted by Crippen LogP contribution is 2.20. The Morgan fingerprint density at radius 2 is 1.71 bits per heavy atom. The normalized spacial score (nSPS) is 16.5. The van der Waals surface area contributed by atoms with Gasteiger partial charge in [0.25, 0.3) is 0 Å². The Kier molecular flexibility index (Phi) is 5.11. The van der Waals surface area contributed by atoms with E-state index in [0.29, 0.717) is 0 Å². The van der Waals surface area contributed by atoms with Gasteiger partial charge < -0.3 is 10.0 Å². The van der Waals surface area contributed by atoms with Crippen LogP contribution in [0.15, 0.2) is 30.3 Å². The van der Waals surface area contributed by atoms with E-state index in [1.165, 1.54) is 0 Å². The Morgan fingerprint density at radius 3 is 2.33 bits per heavy atom. The Bertz CT molecular complexity index is 632. The van der Waals surface area contributed by atoms with Gasteiger partial charge in [0.05, 0.1) is 11.3 Å². The molecule has 0 aliphatic carbocycles. The molecule has 0 radical (unpaired) electrons. The quantitative estimate of drug-likeness (QED) is 0.862. The van der Waals surface area contributed by atoms with Crippen LogP contribution < -0.4 is 4.90 Å². The number of tetrazole rings is 1. The van der Waals surface area contributed by atoms with E-state index in [2.05, 4.69) is 25.3 Å². The van der Waals surface area contributed by atoms with Crippen molar-refractivity contribution in [2.45, 2.75) is 32.3 Å². The molecule has 2 heterocycles. The molecule has 0 spiro atoms. The molecule has 0 unspecified atom stereocenters. The summed E-state index contributed by atoms with van der Waals surface area (Å²) >= 11 is 0. The predicted octanol–water partition coefficient (Wildman–Crippen LogP) is 1.34. The van der Waals surface area contributed by atoms with Gasteiger partial charge in [-0.15, -0.1) is 0 Å². The van der Waals surface area contributed by atoms with Gasteiger partial charge in [0.2, 0.25) is 5.95 Å². The van der Waals surface area contributed by atoms with E-state index in [4.69, 9.17) is 0 Å². The van der Waals surface area contributed by atoms with Gasteiger partial charge in [-0.3, -0.25) is 4.90 Å². The van der Waals surface area contributed by atoms with Gasteiger partial charge in [0.1, 0.15) is 0 Å². The average molecular weight is 330 g/mol. The van der Waals surface area contributed by atoms with Crippen molar-refractivity contribution >= 4 is 5.95 Å². The van der Waals surface area contributed by atoms with E-state index < -0.39 is 5.60 Å². The third kappa shape index (κ3) is 3.57. The zero-order valence-corrected chi connectivity index (χ0v) is 14.5. The maximum atomic E-state index is 10.5. The summed E-state index contributed by atoms with van der Waals surface area (Å²) < 4.78 is 1.78. The number of para-hydroxylation sites is 1. The van der Waals surface area contributed by atoms with Crippen molar-refractivity contribution in [2.75, 3.05) is 37.6 Å². The lowest BCUT2D eigenvalue weighted by molar-refractivity contribution is -0.00462. The molecule has 1 N–H and O–H groups in total. The second-order valence-corrected chi connectivity index (χ2v) is 6.42. The number of benzene rings is 1. The van der Waals surface area contributed by atoms with E-state index in [1.807, 2.05) is 44.2 Å². The fourth-order valence-electron chi connectivity index (χ4n) is 3.11. The number of hydrogen-bond donors (Lipinski definition) is 1. The third-order valence-electron chi connectivity index (χ3n) is 4.94. The predicted molar refractivity (Wildman–Crippen MR) is 93.3 cm³/mol. The Labute approximate surface area is 142 Å². The lowest BCUT2D eigenvalue weighted by Crippen LogP contribution is -2.52. The van der Waals surface area contributed by atoms with Gasteiger partial charge in [-0.2, -0.15) is 4.68 Å². The molecule has 1 aromatic heterocycles. The van der Waals surface area contributed by atoms with Gasteiger partial charge in [-0.05, 0) is 35.4 Å². The zero-order valence-electron chi connectivity index (χ0n) is 14.5. The van der Waals surface area contributed by atoms with Crippen LogP contribution >= 0.6 is 0 Å². The SMILES string of the molecule is CCC(O)(CC)CN1CCN(c2nnnn2-c2ccccc2)CC1. The number of anilines is 1. The lowest BCUT2D eigenvalue weighted by Gasteiger charge is -2.39. The first-order chi connectivity index (χ1) is 11.6. The van der Waals surface area contributed by atoms with Crippen LogP contribution in [-0.4, -0.2) is 68.5 Å². The molecular weight excluding hydrogens is 304 g/mol. The van der Waals surface area contributed by atoms with Gasteiger partial charge in [0.15, 0.2) is 0 Å². The lowest BCUT2D eigenvalue weighted by atomic mass is 9.96. The molecule has 7 nitrogen and oxygen atoms in total. The third-order valence-corrected chi connectivity index (χ3v) is 4.94. The summed E-state index contributed by atoms with van der Waals surface area (Å²) in [6, 6.07) is 9.94. The number of β-amino-alcohol motifs (C(OH)–C–C–N with tert-alkyl or cyclic N) is 1. The summed E-state index contributed by atoms with van der Waals surface area (Å²) in [6.07, 6.45) is 1.58. The standard InChI is InChI=1S/C17H26N6O/c1-3-17(24,4-2)14-21-10-12-22(13-11-21)16-18-19-20-23(16)15-8-6-5-7-9-15/h5-9,24H,3-4,10-14H2,1-2H3. The minimum Gasteiger partial charge on any atom is -0.389 e. The number of nitrogens with zero attached hydrogens (tertiary/aromatic N) is 6. The fraction of sp³-hybridized carbons (Fsp3) is 0.588. The van der Waals surface area contributed by atoms with Crippen molar-refractivity contribution in [3.05, 3.63) is 30.3 Å². The first-order valence-electron chi connectivity index (χ1n) is 8.68. The Balaban J connectivity index is 1.65. The average Bonchev–Trinajstić information content (AvgIpc) is 3.13. The molecule has 1 aliphatic rings. The highest BCUT2D eigenvalue weighted by molar-refractivity contribution is 5.40. The number of aromatic nitrogens is 4. The molecule has 3 rings (SSSR count). The van der Waals surface area contributed by atoms with Gasteiger partial charge >= 0.3 is 0 Å². The second kappa shape index (κ2) is 7.27. The summed E-state index contributed by atoms with van der Waals surface area (Å²) in [5, 5.41) is 22.7. The maximum Gasteiger partial charge on any atom is 0.250 e. The fourth-order valence-corrected chi connectivity index (χ4v) is 3.11. The zero-order chi connectivity index (χ0) is 17.0. The monoisotopic (exact) mass is 330 g/mol. The van der Waals surface area contributed by atoms with Crippen molar-refractivity contribution in [3.63, 3.8) is 0 Å². The topological polar surface area (TPSA) is 70.3 Å². The Morgan fingerprint density at radius 1 is 1.04 bits per heavy atom. The molecule has 1 aromatic carbocycles. The smallest absolute Gasteiger partial charge is 0.250 e. The largest absolute Gasteiger partial charge is 0.389 e. The van der Waals surface area contributed by atoms with Crippen LogP contribution in [0.3, 0.4) is 0 Å². The van der Waals surface area contributed by atoms with Crippen LogP contribution in [0.5, 0.6) is 0 Å². The van der Waals surface area contributed by atoms with Crippen molar-refractivity contribution < 1.29 is 5.11 Å². The van der Waals surface area contributed by atoms with Crippen LogP contribution in [0.25, 0.3) is 5.69 Å².